The smallest absolute Gasteiger partial charge is 0.381 e. The molecule has 0 heterocycles. The summed E-state index contributed by atoms with van der Waals surface area (Å²) in [5.74, 6) is -0.438. The monoisotopic (exact) mass is 284 g/mol. The van der Waals surface area contributed by atoms with Crippen molar-refractivity contribution in [1.29, 1.82) is 0 Å². The van der Waals surface area contributed by atoms with Gasteiger partial charge in [-0.3, -0.25) is 4.79 Å². The number of rotatable bonds is 10. The van der Waals surface area contributed by atoms with Crippen molar-refractivity contribution in [1.82, 2.24) is 5.32 Å². The van der Waals surface area contributed by atoms with Gasteiger partial charge in [0.15, 0.2) is 0 Å². The van der Waals surface area contributed by atoms with Crippen molar-refractivity contribution in [3.8, 4) is 0 Å². The topological polar surface area (TPSA) is 64.3 Å². The largest absolute Gasteiger partial charge is 0.389 e. The third-order valence-corrected chi connectivity index (χ3v) is 2.83. The molecule has 0 spiro atoms. The highest BCUT2D eigenvalue weighted by atomic mass is 19.4. The van der Waals surface area contributed by atoms with E-state index in [9.17, 15) is 18.0 Å². The first kappa shape index (κ1) is 18.2. The zero-order valence-corrected chi connectivity index (χ0v) is 11.5. The van der Waals surface area contributed by atoms with E-state index in [4.69, 9.17) is 10.5 Å². The van der Waals surface area contributed by atoms with E-state index in [-0.39, 0.29) is 13.0 Å². The van der Waals surface area contributed by atoms with Gasteiger partial charge in [0.1, 0.15) is 0 Å². The molecule has 19 heavy (non-hydrogen) atoms. The molecule has 114 valence electrons. The van der Waals surface area contributed by atoms with Crippen LogP contribution in [0.2, 0.25) is 0 Å². The Bertz CT molecular complexity index is 272. The first-order valence-electron chi connectivity index (χ1n) is 6.40. The van der Waals surface area contributed by atoms with E-state index in [2.05, 4.69) is 5.32 Å². The Morgan fingerprint density at radius 1 is 1.21 bits per heavy atom. The summed E-state index contributed by atoms with van der Waals surface area (Å²) in [6, 6.07) is 0. The summed E-state index contributed by atoms with van der Waals surface area (Å²) in [5.41, 5.74) is 4.51. The number of likely N-dealkylation sites (N-methyl/N-ethyl adjacent to an activating group) is 1. The van der Waals surface area contributed by atoms with Crippen LogP contribution in [0.3, 0.4) is 0 Å². The van der Waals surface area contributed by atoms with Gasteiger partial charge in [-0.25, -0.2) is 0 Å². The van der Waals surface area contributed by atoms with Crippen LogP contribution in [0, 0.1) is 0 Å². The van der Waals surface area contributed by atoms with Gasteiger partial charge in [-0.1, -0.05) is 6.92 Å². The van der Waals surface area contributed by atoms with Gasteiger partial charge in [-0.05, 0) is 32.7 Å². The number of ether oxygens (including phenoxy) is 1. The van der Waals surface area contributed by atoms with Crippen molar-refractivity contribution in [2.24, 2.45) is 5.73 Å². The molecule has 0 rings (SSSR count). The van der Waals surface area contributed by atoms with Crippen molar-refractivity contribution in [3.05, 3.63) is 0 Å². The highest BCUT2D eigenvalue weighted by Crippen LogP contribution is 2.21. The van der Waals surface area contributed by atoms with Crippen LogP contribution >= 0.6 is 0 Å². The van der Waals surface area contributed by atoms with Gasteiger partial charge >= 0.3 is 6.18 Å². The van der Waals surface area contributed by atoms with E-state index in [1.54, 1.807) is 6.92 Å². The first-order valence-corrected chi connectivity index (χ1v) is 6.40. The Morgan fingerprint density at radius 2 is 1.74 bits per heavy atom. The van der Waals surface area contributed by atoms with Gasteiger partial charge in [-0.2, -0.15) is 13.2 Å². The zero-order chi connectivity index (χ0) is 14.9. The number of alkyl halides is 3. The summed E-state index contributed by atoms with van der Waals surface area (Å²) >= 11 is 0. The van der Waals surface area contributed by atoms with Gasteiger partial charge in [0.25, 0.3) is 0 Å². The number of hydrogen-bond acceptors (Lipinski definition) is 3. The molecule has 1 unspecified atom stereocenters. The molecular weight excluding hydrogens is 261 g/mol. The van der Waals surface area contributed by atoms with E-state index < -0.39 is 24.0 Å². The highest BCUT2D eigenvalue weighted by molar-refractivity contribution is 5.84. The molecule has 4 nitrogen and oxygen atoms in total. The van der Waals surface area contributed by atoms with Crippen LogP contribution in [0.15, 0.2) is 0 Å². The van der Waals surface area contributed by atoms with E-state index in [1.807, 2.05) is 6.92 Å². The molecule has 0 radical (unpaired) electrons. The number of amides is 1. The Hall–Kier alpha value is -0.820. The number of carbonyl (C=O) groups excluding carboxylic acids is 1. The maximum atomic E-state index is 11.8. The van der Waals surface area contributed by atoms with Gasteiger partial charge < -0.3 is 15.8 Å². The van der Waals surface area contributed by atoms with E-state index in [1.165, 1.54) is 0 Å². The molecule has 0 saturated carbocycles. The lowest BCUT2D eigenvalue weighted by Gasteiger charge is -2.26. The van der Waals surface area contributed by atoms with Crippen LogP contribution < -0.4 is 11.1 Å². The molecule has 7 heteroatoms. The standard InChI is InChI=1S/C12H23F3N2O2/c1-3-17-11(2,10(16)18)6-4-8-19-9-5-7-12(13,14)15/h17H,3-9H2,1-2H3,(H2,16,18). The summed E-state index contributed by atoms with van der Waals surface area (Å²) in [6.45, 7) is 4.60. The number of hydrogen-bond donors (Lipinski definition) is 2. The van der Waals surface area contributed by atoms with Crippen LogP contribution in [-0.2, 0) is 9.53 Å². The molecule has 0 aromatic heterocycles. The van der Waals surface area contributed by atoms with E-state index >= 15 is 0 Å². The highest BCUT2D eigenvalue weighted by Gasteiger charge is 2.29. The lowest BCUT2D eigenvalue weighted by Crippen LogP contribution is -2.53. The fourth-order valence-electron chi connectivity index (χ4n) is 1.69. The number of primary amides is 1. The average molecular weight is 284 g/mol. The molecule has 0 aliphatic carbocycles. The Balaban J connectivity index is 3.70. The van der Waals surface area contributed by atoms with Gasteiger partial charge in [0, 0.05) is 19.6 Å². The molecule has 0 saturated heterocycles. The molecule has 0 aromatic rings. The molecule has 0 bridgehead atoms. The lowest BCUT2D eigenvalue weighted by atomic mass is 9.95. The van der Waals surface area contributed by atoms with Crippen molar-refractivity contribution in [3.63, 3.8) is 0 Å². The summed E-state index contributed by atoms with van der Waals surface area (Å²) < 4.78 is 40.6. The quantitative estimate of drug-likeness (QED) is 0.603. The summed E-state index contributed by atoms with van der Waals surface area (Å²) in [6.07, 6.45) is -3.93. The fraction of sp³-hybridized carbons (Fsp3) is 0.917. The maximum Gasteiger partial charge on any atom is 0.389 e. The SMILES string of the molecule is CCNC(C)(CCCOCCCC(F)(F)F)C(N)=O. The van der Waals surface area contributed by atoms with Crippen molar-refractivity contribution in [2.75, 3.05) is 19.8 Å². The minimum absolute atomic E-state index is 0.0379. The fourth-order valence-corrected chi connectivity index (χ4v) is 1.69. The zero-order valence-electron chi connectivity index (χ0n) is 11.5. The van der Waals surface area contributed by atoms with E-state index in [0.717, 1.165) is 0 Å². The Morgan fingerprint density at radius 3 is 2.16 bits per heavy atom. The Labute approximate surface area is 111 Å². The molecule has 0 aliphatic rings. The first-order chi connectivity index (χ1) is 8.71. The predicted molar refractivity (Wildman–Crippen MR) is 66.6 cm³/mol. The van der Waals surface area contributed by atoms with Crippen molar-refractivity contribution in [2.45, 2.75) is 51.2 Å². The third kappa shape index (κ3) is 8.83. The van der Waals surface area contributed by atoms with Gasteiger partial charge in [0.05, 0.1) is 5.54 Å². The van der Waals surface area contributed by atoms with Crippen LogP contribution in [0.25, 0.3) is 0 Å². The summed E-state index contributed by atoms with van der Waals surface area (Å²) in [7, 11) is 0. The van der Waals surface area contributed by atoms with E-state index in [0.29, 0.717) is 26.0 Å². The number of nitrogens with one attached hydrogen (secondary N) is 1. The number of carbonyl (C=O) groups is 1. The van der Waals surface area contributed by atoms with Crippen molar-refractivity contribution >= 4 is 5.91 Å². The molecule has 1 atom stereocenters. The van der Waals surface area contributed by atoms with Crippen LogP contribution in [0.1, 0.15) is 39.5 Å². The van der Waals surface area contributed by atoms with Gasteiger partial charge in [0.2, 0.25) is 5.91 Å². The molecule has 0 fully saturated rings. The number of halogens is 3. The molecule has 0 aliphatic heterocycles. The number of nitrogens with two attached hydrogens (primary N) is 1. The second-order valence-electron chi connectivity index (χ2n) is 4.66. The predicted octanol–water partition coefficient (Wildman–Crippen LogP) is 1.98. The third-order valence-electron chi connectivity index (χ3n) is 2.83. The second kappa shape index (κ2) is 8.37. The normalized spacial score (nSPS) is 15.2. The van der Waals surface area contributed by atoms with Crippen LogP contribution in [0.4, 0.5) is 13.2 Å². The minimum atomic E-state index is -4.13. The van der Waals surface area contributed by atoms with Gasteiger partial charge in [-0.15, -0.1) is 0 Å². The molecule has 3 N–H and O–H groups in total. The van der Waals surface area contributed by atoms with Crippen LogP contribution in [0.5, 0.6) is 0 Å². The maximum absolute atomic E-state index is 11.8. The average Bonchev–Trinajstić information content (AvgIpc) is 2.26. The Kier molecular flexibility index (Phi) is 8.01. The van der Waals surface area contributed by atoms with Crippen LogP contribution in [-0.4, -0.2) is 37.4 Å². The minimum Gasteiger partial charge on any atom is -0.381 e. The summed E-state index contributed by atoms with van der Waals surface area (Å²) in [5, 5.41) is 3.00. The molecular formula is C12H23F3N2O2. The molecule has 0 aromatic carbocycles. The lowest BCUT2D eigenvalue weighted by molar-refractivity contribution is -0.138. The second-order valence-corrected chi connectivity index (χ2v) is 4.66. The van der Waals surface area contributed by atoms with Crippen molar-refractivity contribution < 1.29 is 22.7 Å². The summed E-state index contributed by atoms with van der Waals surface area (Å²) in [4.78, 5) is 11.3. The molecule has 1 amide bonds.